The predicted molar refractivity (Wildman–Crippen MR) is 121 cm³/mol. The summed E-state index contributed by atoms with van der Waals surface area (Å²) in [5.41, 5.74) is 2.54. The number of fused-ring (bicyclic) bond motifs is 1. The highest BCUT2D eigenvalue weighted by Crippen LogP contribution is 2.32. The topological polar surface area (TPSA) is 88.2 Å². The molecule has 1 N–H and O–H groups in total. The lowest BCUT2D eigenvalue weighted by atomic mass is 10.1. The van der Waals surface area contributed by atoms with Gasteiger partial charge in [0.2, 0.25) is 10.0 Å². The van der Waals surface area contributed by atoms with Gasteiger partial charge in [0, 0.05) is 26.2 Å². The van der Waals surface area contributed by atoms with Crippen LogP contribution in [-0.2, 0) is 10.0 Å². The van der Waals surface area contributed by atoms with Crippen LogP contribution in [0.1, 0.15) is 29.7 Å². The van der Waals surface area contributed by atoms with Gasteiger partial charge in [-0.2, -0.15) is 4.31 Å². The van der Waals surface area contributed by atoms with Crippen LogP contribution in [0.25, 0.3) is 0 Å². The van der Waals surface area contributed by atoms with Crippen LogP contribution in [0.5, 0.6) is 11.5 Å². The highest BCUT2D eigenvalue weighted by molar-refractivity contribution is 7.89. The van der Waals surface area contributed by atoms with Crippen molar-refractivity contribution in [1.29, 1.82) is 0 Å². The number of hydrogen-bond donors (Lipinski definition) is 1. The molecule has 0 saturated carbocycles. The van der Waals surface area contributed by atoms with Crippen molar-refractivity contribution in [2.45, 2.75) is 31.7 Å². The lowest BCUT2D eigenvalue weighted by molar-refractivity contribution is 0.168. The number of nitrogens with one attached hydrogen (secondary N) is 1. The molecule has 0 unspecified atom stereocenters. The number of piperazine rings is 1. The van der Waals surface area contributed by atoms with Crippen molar-refractivity contribution in [1.82, 2.24) is 14.5 Å². The van der Waals surface area contributed by atoms with E-state index < -0.39 is 10.0 Å². The zero-order valence-corrected chi connectivity index (χ0v) is 19.4. The minimum Gasteiger partial charge on any atom is -0.486 e. The predicted octanol–water partition coefficient (Wildman–Crippen LogP) is 2.85. The van der Waals surface area contributed by atoms with E-state index in [2.05, 4.69) is 5.32 Å². The van der Waals surface area contributed by atoms with E-state index in [9.17, 15) is 13.2 Å². The molecule has 0 spiro atoms. The fourth-order valence-corrected chi connectivity index (χ4v) is 5.68. The molecule has 8 nitrogen and oxygen atoms in total. The molecule has 0 bridgehead atoms. The van der Waals surface area contributed by atoms with E-state index in [1.54, 1.807) is 17.9 Å². The molecule has 2 aliphatic heterocycles. The van der Waals surface area contributed by atoms with Crippen molar-refractivity contribution in [3.05, 3.63) is 53.1 Å². The van der Waals surface area contributed by atoms with Crippen LogP contribution in [-0.4, -0.2) is 63.0 Å². The largest absolute Gasteiger partial charge is 0.486 e. The van der Waals surface area contributed by atoms with Gasteiger partial charge in [-0.05, 0) is 55.7 Å². The summed E-state index contributed by atoms with van der Waals surface area (Å²) in [5, 5.41) is 3.00. The number of carbonyl (C=O) groups is 1. The number of rotatable bonds is 4. The van der Waals surface area contributed by atoms with Crippen molar-refractivity contribution < 1.29 is 22.7 Å². The van der Waals surface area contributed by atoms with Gasteiger partial charge in [-0.1, -0.05) is 18.2 Å². The molecule has 0 aliphatic carbocycles. The van der Waals surface area contributed by atoms with Crippen molar-refractivity contribution >= 4 is 16.1 Å². The van der Waals surface area contributed by atoms with Gasteiger partial charge in [-0.25, -0.2) is 13.2 Å². The third-order valence-corrected chi connectivity index (χ3v) is 7.93. The van der Waals surface area contributed by atoms with Crippen LogP contribution in [0, 0.1) is 13.8 Å². The van der Waals surface area contributed by atoms with Gasteiger partial charge in [-0.3, -0.25) is 0 Å². The molecule has 1 atom stereocenters. The van der Waals surface area contributed by atoms with Gasteiger partial charge < -0.3 is 19.7 Å². The molecule has 32 heavy (non-hydrogen) atoms. The molecule has 2 aromatic carbocycles. The highest BCUT2D eigenvalue weighted by Gasteiger charge is 2.31. The third kappa shape index (κ3) is 4.54. The first-order chi connectivity index (χ1) is 15.3. The lowest BCUT2D eigenvalue weighted by Crippen LogP contribution is -2.53. The molecular weight excluding hydrogens is 430 g/mol. The monoisotopic (exact) mass is 459 g/mol. The Labute approximate surface area is 189 Å². The van der Waals surface area contributed by atoms with E-state index in [0.29, 0.717) is 42.7 Å². The number of hydrogen-bond acceptors (Lipinski definition) is 5. The molecule has 2 aliphatic rings. The van der Waals surface area contributed by atoms with Crippen LogP contribution in [0.4, 0.5) is 4.79 Å². The molecule has 0 aromatic heterocycles. The molecule has 2 heterocycles. The van der Waals surface area contributed by atoms with E-state index in [-0.39, 0.29) is 25.2 Å². The maximum atomic E-state index is 13.1. The Morgan fingerprint density at radius 1 is 0.969 bits per heavy atom. The van der Waals surface area contributed by atoms with E-state index >= 15 is 0 Å². The van der Waals surface area contributed by atoms with E-state index in [1.807, 2.05) is 44.2 Å². The first-order valence-corrected chi connectivity index (χ1v) is 12.2. The van der Waals surface area contributed by atoms with E-state index in [1.165, 1.54) is 4.31 Å². The van der Waals surface area contributed by atoms with Gasteiger partial charge in [0.15, 0.2) is 11.5 Å². The number of nitrogens with zero attached hydrogens (tertiary/aromatic N) is 2. The molecule has 1 fully saturated rings. The minimum absolute atomic E-state index is 0.212. The van der Waals surface area contributed by atoms with E-state index in [4.69, 9.17) is 9.47 Å². The number of benzene rings is 2. The SMILES string of the molecule is Cc1ccc(C)c(S(=O)(=O)N2CCN(C(=O)N[C@H](C)c3ccc4c(c3)OCCO4)CC2)c1. The molecule has 9 heteroatoms. The van der Waals surface area contributed by atoms with Crippen molar-refractivity contribution in [2.75, 3.05) is 39.4 Å². The van der Waals surface area contributed by atoms with Crippen molar-refractivity contribution in [2.24, 2.45) is 0 Å². The number of amides is 2. The third-order valence-electron chi connectivity index (χ3n) is 5.89. The molecule has 0 radical (unpaired) electrons. The highest BCUT2D eigenvalue weighted by atomic mass is 32.2. The fourth-order valence-electron chi connectivity index (χ4n) is 3.94. The van der Waals surface area contributed by atoms with Gasteiger partial charge in [0.05, 0.1) is 10.9 Å². The van der Waals surface area contributed by atoms with Gasteiger partial charge in [0.25, 0.3) is 0 Å². The smallest absolute Gasteiger partial charge is 0.317 e. The Morgan fingerprint density at radius 3 is 2.38 bits per heavy atom. The second-order valence-corrected chi connectivity index (χ2v) is 10.1. The van der Waals surface area contributed by atoms with Crippen LogP contribution in [0.15, 0.2) is 41.3 Å². The lowest BCUT2D eigenvalue weighted by Gasteiger charge is -2.35. The quantitative estimate of drug-likeness (QED) is 0.760. The second kappa shape index (κ2) is 8.99. The molecular formula is C23H29N3O5S. The number of ether oxygens (including phenoxy) is 2. The van der Waals surface area contributed by atoms with Crippen LogP contribution >= 0.6 is 0 Å². The number of carbonyl (C=O) groups excluding carboxylic acids is 1. The maximum absolute atomic E-state index is 13.1. The van der Waals surface area contributed by atoms with Crippen molar-refractivity contribution in [3.63, 3.8) is 0 Å². The van der Waals surface area contributed by atoms with Gasteiger partial charge in [-0.15, -0.1) is 0 Å². The summed E-state index contributed by atoms with van der Waals surface area (Å²) in [6.45, 7) is 7.83. The normalized spacial score (nSPS) is 17.7. The summed E-state index contributed by atoms with van der Waals surface area (Å²) >= 11 is 0. The molecule has 2 amide bonds. The Bertz CT molecular complexity index is 1110. The summed E-state index contributed by atoms with van der Waals surface area (Å²) in [7, 11) is -3.59. The Morgan fingerprint density at radius 2 is 1.66 bits per heavy atom. The Kier molecular flexibility index (Phi) is 6.30. The standard InChI is InChI=1S/C23H29N3O5S/c1-16-4-5-17(2)22(14-16)32(28,29)26-10-8-25(9-11-26)23(27)24-18(3)19-6-7-20-21(15-19)31-13-12-30-20/h4-7,14-15,18H,8-13H2,1-3H3,(H,24,27)/t18-/m1/s1. The van der Waals surface area contributed by atoms with Gasteiger partial charge >= 0.3 is 6.03 Å². The maximum Gasteiger partial charge on any atom is 0.317 e. The van der Waals surface area contributed by atoms with Crippen LogP contribution in [0.3, 0.4) is 0 Å². The zero-order valence-electron chi connectivity index (χ0n) is 18.6. The number of aryl methyl sites for hydroxylation is 2. The Balaban J connectivity index is 1.37. The van der Waals surface area contributed by atoms with Crippen LogP contribution < -0.4 is 14.8 Å². The molecule has 4 rings (SSSR count). The zero-order chi connectivity index (χ0) is 22.9. The average Bonchev–Trinajstić information content (AvgIpc) is 2.80. The minimum atomic E-state index is -3.59. The summed E-state index contributed by atoms with van der Waals surface area (Å²) in [4.78, 5) is 14.8. The number of urea groups is 1. The second-order valence-electron chi connectivity index (χ2n) is 8.23. The summed E-state index contributed by atoms with van der Waals surface area (Å²) in [6, 6.07) is 10.6. The fraction of sp³-hybridized carbons (Fsp3) is 0.435. The molecule has 2 aromatic rings. The first kappa shape index (κ1) is 22.4. The first-order valence-electron chi connectivity index (χ1n) is 10.8. The van der Waals surface area contributed by atoms with E-state index in [0.717, 1.165) is 16.7 Å². The number of sulfonamides is 1. The van der Waals surface area contributed by atoms with Crippen molar-refractivity contribution in [3.8, 4) is 11.5 Å². The molecule has 172 valence electrons. The van der Waals surface area contributed by atoms with Crippen LogP contribution in [0.2, 0.25) is 0 Å². The van der Waals surface area contributed by atoms with Gasteiger partial charge in [0.1, 0.15) is 13.2 Å². The molecule has 1 saturated heterocycles. The summed E-state index contributed by atoms with van der Waals surface area (Å²) in [6.07, 6.45) is 0. The Hall–Kier alpha value is -2.78. The average molecular weight is 460 g/mol. The summed E-state index contributed by atoms with van der Waals surface area (Å²) < 4.78 is 38.8. The summed E-state index contributed by atoms with van der Waals surface area (Å²) in [5.74, 6) is 1.39.